The third-order valence-electron chi connectivity index (χ3n) is 5.59. The van der Waals surface area contributed by atoms with Crippen LogP contribution in [0.3, 0.4) is 0 Å². The number of methoxy groups -OCH3 is 1. The number of amides is 1. The summed E-state index contributed by atoms with van der Waals surface area (Å²) >= 11 is 0. The van der Waals surface area contributed by atoms with Gasteiger partial charge in [0.15, 0.2) is 5.78 Å². The maximum Gasteiger partial charge on any atom is 0.254 e. The summed E-state index contributed by atoms with van der Waals surface area (Å²) in [4.78, 5) is 26.3. The highest BCUT2D eigenvalue weighted by Crippen LogP contribution is 2.45. The highest BCUT2D eigenvalue weighted by atomic mass is 19.1. The fraction of sp³-hybridized carbons (Fsp3) is 0.250. The molecular formula is C24H23FN2O3. The topological polar surface area (TPSA) is 67.4 Å². The van der Waals surface area contributed by atoms with Crippen molar-refractivity contribution in [1.82, 2.24) is 5.32 Å². The Morgan fingerprint density at radius 1 is 1.13 bits per heavy atom. The van der Waals surface area contributed by atoms with Gasteiger partial charge in [0, 0.05) is 34.5 Å². The zero-order valence-electron chi connectivity index (χ0n) is 16.9. The molecule has 1 amide bonds. The number of nitrogens with one attached hydrogen (secondary N) is 2. The number of allylic oxidation sites excluding steroid dienone is 3. The van der Waals surface area contributed by atoms with Crippen molar-refractivity contribution in [3.63, 3.8) is 0 Å². The number of ketones is 1. The van der Waals surface area contributed by atoms with Gasteiger partial charge in [-0.05, 0) is 38.0 Å². The predicted octanol–water partition coefficient (Wildman–Crippen LogP) is 4.44. The van der Waals surface area contributed by atoms with Gasteiger partial charge in [0.05, 0.1) is 18.7 Å². The third-order valence-corrected chi connectivity index (χ3v) is 5.59. The molecule has 1 aliphatic carbocycles. The van der Waals surface area contributed by atoms with E-state index in [0.29, 0.717) is 29.0 Å². The predicted molar refractivity (Wildman–Crippen MR) is 112 cm³/mol. The van der Waals surface area contributed by atoms with E-state index in [1.54, 1.807) is 19.2 Å². The lowest BCUT2D eigenvalue weighted by Gasteiger charge is -2.35. The van der Waals surface area contributed by atoms with Gasteiger partial charge in [-0.15, -0.1) is 0 Å². The molecule has 0 spiro atoms. The summed E-state index contributed by atoms with van der Waals surface area (Å²) in [6.07, 6.45) is 1.95. The lowest BCUT2D eigenvalue weighted by atomic mass is 9.74. The lowest BCUT2D eigenvalue weighted by molar-refractivity contribution is -0.116. The van der Waals surface area contributed by atoms with Crippen LogP contribution in [-0.2, 0) is 9.59 Å². The Hall–Kier alpha value is -3.41. The molecule has 2 aliphatic rings. The molecular weight excluding hydrogens is 383 g/mol. The van der Waals surface area contributed by atoms with Crippen LogP contribution in [0.2, 0.25) is 0 Å². The second-order valence-electron chi connectivity index (χ2n) is 7.44. The standard InChI is InChI=1S/C24H23FN2O3/c1-14-21(24(29)27-17-10-5-4-9-16(17)25)22(15-8-3-6-13-20(15)30-2)23-18(26-14)11-7-12-19(23)28/h3-6,8-10,13,22,26H,7,11-12H2,1-2H3,(H,27,29)/t22-/m1/s1. The summed E-state index contributed by atoms with van der Waals surface area (Å²) in [6, 6.07) is 13.4. The third kappa shape index (κ3) is 3.49. The molecule has 2 aromatic carbocycles. The van der Waals surface area contributed by atoms with Crippen LogP contribution >= 0.6 is 0 Å². The molecule has 2 aromatic rings. The van der Waals surface area contributed by atoms with Crippen LogP contribution in [-0.4, -0.2) is 18.8 Å². The number of carbonyl (C=O) groups is 2. The minimum Gasteiger partial charge on any atom is -0.496 e. The molecule has 154 valence electrons. The molecule has 6 heteroatoms. The largest absolute Gasteiger partial charge is 0.496 e. The number of dihydropyridines is 1. The number of Topliss-reactive ketones (excluding diaryl/α,β-unsaturated/α-hetero) is 1. The Labute approximate surface area is 174 Å². The second kappa shape index (κ2) is 8.14. The van der Waals surface area contributed by atoms with E-state index in [1.165, 1.54) is 12.1 Å². The number of halogens is 1. The molecule has 0 aromatic heterocycles. The number of hydrogen-bond donors (Lipinski definition) is 2. The van der Waals surface area contributed by atoms with E-state index in [2.05, 4.69) is 10.6 Å². The van der Waals surface area contributed by atoms with Crippen molar-refractivity contribution >= 4 is 17.4 Å². The Morgan fingerprint density at radius 2 is 1.87 bits per heavy atom. The van der Waals surface area contributed by atoms with Gasteiger partial charge in [0.25, 0.3) is 5.91 Å². The van der Waals surface area contributed by atoms with Crippen LogP contribution in [0.25, 0.3) is 0 Å². The number of hydrogen-bond acceptors (Lipinski definition) is 4. The molecule has 0 bridgehead atoms. The van der Waals surface area contributed by atoms with Crippen molar-refractivity contribution in [2.45, 2.75) is 32.1 Å². The van der Waals surface area contributed by atoms with Crippen LogP contribution in [0.4, 0.5) is 10.1 Å². The van der Waals surface area contributed by atoms with Crippen molar-refractivity contribution in [2.24, 2.45) is 0 Å². The SMILES string of the molecule is COc1ccccc1[C@@H]1C(C(=O)Nc2ccccc2F)=C(C)NC2=C1C(=O)CCC2. The Morgan fingerprint density at radius 3 is 2.63 bits per heavy atom. The van der Waals surface area contributed by atoms with E-state index in [4.69, 9.17) is 4.74 Å². The molecule has 0 radical (unpaired) electrons. The number of anilines is 1. The van der Waals surface area contributed by atoms with Crippen molar-refractivity contribution < 1.29 is 18.7 Å². The molecule has 1 atom stereocenters. The zero-order valence-corrected chi connectivity index (χ0v) is 16.9. The first-order valence-electron chi connectivity index (χ1n) is 9.94. The number of benzene rings is 2. The van der Waals surface area contributed by atoms with Crippen LogP contribution in [0.15, 0.2) is 71.1 Å². The van der Waals surface area contributed by atoms with Gasteiger partial charge in [-0.1, -0.05) is 30.3 Å². The monoisotopic (exact) mass is 406 g/mol. The van der Waals surface area contributed by atoms with Gasteiger partial charge in [0.1, 0.15) is 11.6 Å². The van der Waals surface area contributed by atoms with E-state index in [9.17, 15) is 14.0 Å². The first-order valence-corrected chi connectivity index (χ1v) is 9.94. The fourth-order valence-electron chi connectivity index (χ4n) is 4.25. The van der Waals surface area contributed by atoms with Gasteiger partial charge in [-0.25, -0.2) is 4.39 Å². The minimum absolute atomic E-state index is 0.0170. The van der Waals surface area contributed by atoms with Gasteiger partial charge >= 0.3 is 0 Å². The molecule has 0 unspecified atom stereocenters. The molecule has 5 nitrogen and oxygen atoms in total. The van der Waals surface area contributed by atoms with Crippen LogP contribution in [0.1, 0.15) is 37.7 Å². The van der Waals surface area contributed by atoms with Gasteiger partial charge < -0.3 is 15.4 Å². The van der Waals surface area contributed by atoms with Crippen molar-refractivity contribution in [1.29, 1.82) is 0 Å². The Balaban J connectivity index is 1.84. The maximum absolute atomic E-state index is 14.2. The van der Waals surface area contributed by atoms with Crippen LogP contribution in [0, 0.1) is 5.82 Å². The molecule has 1 heterocycles. The van der Waals surface area contributed by atoms with E-state index >= 15 is 0 Å². The summed E-state index contributed by atoms with van der Waals surface area (Å²) in [6.45, 7) is 1.81. The van der Waals surface area contributed by atoms with E-state index in [-0.39, 0.29) is 11.5 Å². The number of carbonyl (C=O) groups excluding carboxylic acids is 2. The molecule has 1 aliphatic heterocycles. The summed E-state index contributed by atoms with van der Waals surface area (Å²) in [7, 11) is 1.56. The van der Waals surface area contributed by atoms with Gasteiger partial charge in [-0.3, -0.25) is 9.59 Å². The van der Waals surface area contributed by atoms with Crippen molar-refractivity contribution in [2.75, 3.05) is 12.4 Å². The van der Waals surface area contributed by atoms with Crippen LogP contribution in [0.5, 0.6) is 5.75 Å². The average molecular weight is 406 g/mol. The first-order chi connectivity index (χ1) is 14.5. The Bertz CT molecular complexity index is 1090. The number of para-hydroxylation sites is 2. The highest BCUT2D eigenvalue weighted by Gasteiger charge is 2.39. The summed E-state index contributed by atoms with van der Waals surface area (Å²) < 4.78 is 19.7. The minimum atomic E-state index is -0.586. The molecule has 0 saturated carbocycles. The average Bonchev–Trinajstić information content (AvgIpc) is 2.74. The fourth-order valence-corrected chi connectivity index (χ4v) is 4.25. The quantitative estimate of drug-likeness (QED) is 0.788. The van der Waals surface area contributed by atoms with Gasteiger partial charge in [0.2, 0.25) is 0 Å². The summed E-state index contributed by atoms with van der Waals surface area (Å²) in [5.74, 6) is -0.944. The van der Waals surface area contributed by atoms with E-state index in [0.717, 1.165) is 24.1 Å². The van der Waals surface area contributed by atoms with E-state index < -0.39 is 17.6 Å². The van der Waals surface area contributed by atoms with Crippen molar-refractivity contribution in [3.8, 4) is 5.75 Å². The molecule has 30 heavy (non-hydrogen) atoms. The number of rotatable bonds is 4. The van der Waals surface area contributed by atoms with Gasteiger partial charge in [-0.2, -0.15) is 0 Å². The van der Waals surface area contributed by atoms with Crippen molar-refractivity contribution in [3.05, 3.63) is 82.5 Å². The molecule has 0 fully saturated rings. The first kappa shape index (κ1) is 19.9. The normalized spacial score (nSPS) is 18.6. The second-order valence-corrected chi connectivity index (χ2v) is 7.44. The molecule has 2 N–H and O–H groups in total. The maximum atomic E-state index is 14.2. The smallest absolute Gasteiger partial charge is 0.254 e. The number of ether oxygens (including phenoxy) is 1. The lowest BCUT2D eigenvalue weighted by Crippen LogP contribution is -2.35. The summed E-state index contributed by atoms with van der Waals surface area (Å²) in [5.41, 5.74) is 3.31. The highest BCUT2D eigenvalue weighted by molar-refractivity contribution is 6.10. The molecule has 0 saturated heterocycles. The van der Waals surface area contributed by atoms with Crippen LogP contribution < -0.4 is 15.4 Å². The summed E-state index contributed by atoms with van der Waals surface area (Å²) in [5, 5.41) is 5.93. The zero-order chi connectivity index (χ0) is 21.3. The molecule has 4 rings (SSSR count). The Kier molecular flexibility index (Phi) is 5.40. The van der Waals surface area contributed by atoms with E-state index in [1.807, 2.05) is 31.2 Å².